The van der Waals surface area contributed by atoms with E-state index in [2.05, 4.69) is 39.5 Å². The Balaban J connectivity index is 2.80. The Bertz CT molecular complexity index is 256. The maximum Gasteiger partial charge on any atom is 0.0331 e. The van der Waals surface area contributed by atoms with Gasteiger partial charge in [-0.05, 0) is 56.5 Å². The fourth-order valence-electron chi connectivity index (χ4n) is 3.54. The molecule has 2 atom stereocenters. The first kappa shape index (κ1) is 17.0. The molecule has 0 spiro atoms. The Morgan fingerprint density at radius 2 is 1.89 bits per heavy atom. The molecule has 0 saturated carbocycles. The van der Waals surface area contributed by atoms with Crippen LogP contribution in [-0.4, -0.2) is 30.1 Å². The quantitative estimate of drug-likeness (QED) is 0.787. The van der Waals surface area contributed by atoms with Crippen LogP contribution in [-0.2, 0) is 0 Å². The standard InChI is InChI=1S/C17H36N2/c1-6-15(3)13-17(7-2,14-18)19-11-8-9-16(4,5)10-12-19/h15H,6-14,18H2,1-5H3. The van der Waals surface area contributed by atoms with Gasteiger partial charge in [0.25, 0.3) is 0 Å². The first-order chi connectivity index (χ1) is 8.89. The van der Waals surface area contributed by atoms with Crippen LogP contribution in [0.25, 0.3) is 0 Å². The molecule has 0 amide bonds. The van der Waals surface area contributed by atoms with Crippen LogP contribution in [0.15, 0.2) is 0 Å². The van der Waals surface area contributed by atoms with Crippen LogP contribution >= 0.6 is 0 Å². The van der Waals surface area contributed by atoms with E-state index in [0.29, 0.717) is 5.41 Å². The largest absolute Gasteiger partial charge is 0.329 e. The second-order valence-corrected chi connectivity index (χ2v) is 7.50. The van der Waals surface area contributed by atoms with Gasteiger partial charge >= 0.3 is 0 Å². The van der Waals surface area contributed by atoms with Gasteiger partial charge in [-0.3, -0.25) is 4.90 Å². The molecule has 0 aliphatic carbocycles. The molecule has 19 heavy (non-hydrogen) atoms. The van der Waals surface area contributed by atoms with Gasteiger partial charge in [0, 0.05) is 12.1 Å². The van der Waals surface area contributed by atoms with Gasteiger partial charge in [-0.15, -0.1) is 0 Å². The summed E-state index contributed by atoms with van der Waals surface area (Å²) < 4.78 is 0. The number of hydrogen-bond donors (Lipinski definition) is 1. The minimum atomic E-state index is 0.246. The third-order valence-corrected chi connectivity index (χ3v) is 5.47. The van der Waals surface area contributed by atoms with E-state index in [1.54, 1.807) is 0 Å². The van der Waals surface area contributed by atoms with Gasteiger partial charge in [-0.1, -0.05) is 41.0 Å². The van der Waals surface area contributed by atoms with E-state index in [4.69, 9.17) is 5.73 Å². The van der Waals surface area contributed by atoms with Crippen molar-refractivity contribution in [2.45, 2.75) is 78.7 Å². The molecule has 0 aromatic heterocycles. The van der Waals surface area contributed by atoms with Crippen molar-refractivity contribution in [1.29, 1.82) is 0 Å². The van der Waals surface area contributed by atoms with Gasteiger partial charge in [0.15, 0.2) is 0 Å². The van der Waals surface area contributed by atoms with Crippen molar-refractivity contribution in [3.8, 4) is 0 Å². The lowest BCUT2D eigenvalue weighted by Crippen LogP contribution is -2.54. The second-order valence-electron chi connectivity index (χ2n) is 7.50. The molecule has 0 aromatic carbocycles. The molecule has 2 heteroatoms. The first-order valence-electron chi connectivity index (χ1n) is 8.34. The summed E-state index contributed by atoms with van der Waals surface area (Å²) in [6.07, 6.45) is 7.72. The van der Waals surface area contributed by atoms with Gasteiger partial charge in [0.1, 0.15) is 0 Å². The van der Waals surface area contributed by atoms with Crippen molar-refractivity contribution in [2.24, 2.45) is 17.1 Å². The van der Waals surface area contributed by atoms with Crippen LogP contribution < -0.4 is 5.73 Å². The van der Waals surface area contributed by atoms with E-state index in [0.717, 1.165) is 12.5 Å². The Morgan fingerprint density at radius 1 is 1.21 bits per heavy atom. The van der Waals surface area contributed by atoms with Crippen molar-refractivity contribution in [3.05, 3.63) is 0 Å². The summed E-state index contributed by atoms with van der Waals surface area (Å²) in [5.41, 5.74) is 6.99. The summed E-state index contributed by atoms with van der Waals surface area (Å²) in [7, 11) is 0. The maximum absolute atomic E-state index is 6.23. The van der Waals surface area contributed by atoms with E-state index in [9.17, 15) is 0 Å². The average Bonchev–Trinajstić information content (AvgIpc) is 2.57. The summed E-state index contributed by atoms with van der Waals surface area (Å²) in [5.74, 6) is 0.778. The molecule has 2 unspecified atom stereocenters. The summed E-state index contributed by atoms with van der Waals surface area (Å²) in [6, 6.07) is 0. The van der Waals surface area contributed by atoms with E-state index in [1.165, 1.54) is 51.6 Å². The van der Waals surface area contributed by atoms with Gasteiger partial charge < -0.3 is 5.73 Å². The number of rotatable bonds is 6. The smallest absolute Gasteiger partial charge is 0.0331 e. The van der Waals surface area contributed by atoms with Crippen LogP contribution in [0.3, 0.4) is 0 Å². The lowest BCUT2D eigenvalue weighted by molar-refractivity contribution is 0.0663. The fourth-order valence-corrected chi connectivity index (χ4v) is 3.54. The molecule has 114 valence electrons. The Kier molecular flexibility index (Phi) is 6.32. The van der Waals surface area contributed by atoms with E-state index in [-0.39, 0.29) is 5.54 Å². The maximum atomic E-state index is 6.23. The summed E-state index contributed by atoms with van der Waals surface area (Å²) >= 11 is 0. The number of hydrogen-bond acceptors (Lipinski definition) is 2. The molecular formula is C17H36N2. The van der Waals surface area contributed by atoms with Gasteiger partial charge in [0.2, 0.25) is 0 Å². The lowest BCUT2D eigenvalue weighted by atomic mass is 9.82. The predicted molar refractivity (Wildman–Crippen MR) is 85.4 cm³/mol. The average molecular weight is 268 g/mol. The van der Waals surface area contributed by atoms with Crippen molar-refractivity contribution in [3.63, 3.8) is 0 Å². The first-order valence-corrected chi connectivity index (χ1v) is 8.34. The second kappa shape index (κ2) is 7.08. The number of nitrogens with two attached hydrogens (primary N) is 1. The fraction of sp³-hybridized carbons (Fsp3) is 1.00. The highest BCUT2D eigenvalue weighted by Crippen LogP contribution is 2.35. The van der Waals surface area contributed by atoms with Crippen LogP contribution in [0.2, 0.25) is 0 Å². The summed E-state index contributed by atoms with van der Waals surface area (Å²) in [5, 5.41) is 0. The molecule has 1 heterocycles. The normalized spacial score (nSPS) is 25.6. The van der Waals surface area contributed by atoms with Crippen molar-refractivity contribution < 1.29 is 0 Å². The SMILES string of the molecule is CCC(C)CC(CC)(CN)N1CCCC(C)(C)CC1. The van der Waals surface area contributed by atoms with Crippen LogP contribution in [0.5, 0.6) is 0 Å². The molecule has 1 saturated heterocycles. The third-order valence-electron chi connectivity index (χ3n) is 5.47. The Labute approximate surface area is 121 Å². The Morgan fingerprint density at radius 3 is 2.42 bits per heavy atom. The van der Waals surface area contributed by atoms with Crippen LogP contribution in [0.1, 0.15) is 73.1 Å². The molecule has 1 fully saturated rings. The van der Waals surface area contributed by atoms with E-state index < -0.39 is 0 Å². The number of nitrogens with zero attached hydrogens (tertiary/aromatic N) is 1. The van der Waals surface area contributed by atoms with Crippen molar-refractivity contribution >= 4 is 0 Å². The summed E-state index contributed by atoms with van der Waals surface area (Å²) in [4.78, 5) is 2.73. The minimum Gasteiger partial charge on any atom is -0.329 e. The van der Waals surface area contributed by atoms with Gasteiger partial charge in [-0.25, -0.2) is 0 Å². The lowest BCUT2D eigenvalue weighted by Gasteiger charge is -2.44. The highest BCUT2D eigenvalue weighted by atomic mass is 15.2. The van der Waals surface area contributed by atoms with E-state index in [1.807, 2.05) is 0 Å². The highest BCUT2D eigenvalue weighted by molar-refractivity contribution is 4.94. The van der Waals surface area contributed by atoms with Crippen molar-refractivity contribution in [2.75, 3.05) is 19.6 Å². The molecule has 1 rings (SSSR count). The number of likely N-dealkylation sites (tertiary alicyclic amines) is 1. The zero-order chi connectivity index (χ0) is 14.5. The minimum absolute atomic E-state index is 0.246. The molecular weight excluding hydrogens is 232 g/mol. The zero-order valence-electron chi connectivity index (χ0n) is 14.0. The van der Waals surface area contributed by atoms with E-state index >= 15 is 0 Å². The molecule has 2 N–H and O–H groups in total. The highest BCUT2D eigenvalue weighted by Gasteiger charge is 2.36. The molecule has 1 aliphatic rings. The zero-order valence-corrected chi connectivity index (χ0v) is 14.0. The topological polar surface area (TPSA) is 29.3 Å². The molecule has 1 aliphatic heterocycles. The van der Waals surface area contributed by atoms with Gasteiger partial charge in [0.05, 0.1) is 0 Å². The molecule has 0 radical (unpaired) electrons. The molecule has 0 bridgehead atoms. The third kappa shape index (κ3) is 4.46. The monoisotopic (exact) mass is 268 g/mol. The molecule has 0 aromatic rings. The van der Waals surface area contributed by atoms with Crippen molar-refractivity contribution in [1.82, 2.24) is 4.90 Å². The predicted octanol–water partition coefficient (Wildman–Crippen LogP) is 4.04. The van der Waals surface area contributed by atoms with Crippen LogP contribution in [0, 0.1) is 11.3 Å². The molecule has 2 nitrogen and oxygen atoms in total. The summed E-state index contributed by atoms with van der Waals surface area (Å²) in [6.45, 7) is 15.1. The van der Waals surface area contributed by atoms with Crippen LogP contribution in [0.4, 0.5) is 0 Å². The van der Waals surface area contributed by atoms with Gasteiger partial charge in [-0.2, -0.15) is 0 Å². The Hall–Kier alpha value is -0.0800.